The number of hydrogen-bond acceptors (Lipinski definition) is 3. The maximum atomic E-state index is 13.2. The second-order valence-electron chi connectivity index (χ2n) is 7.32. The lowest BCUT2D eigenvalue weighted by Crippen LogP contribution is -2.39. The van der Waals surface area contributed by atoms with Crippen LogP contribution in [-0.2, 0) is 4.79 Å². The highest BCUT2D eigenvalue weighted by molar-refractivity contribution is 6.00. The SMILES string of the molecule is COc1ccc(N2CC[C@]3(CC[C@@H](Oc4ccccc4)CC3)C2=O)cc1. The zero-order valence-corrected chi connectivity index (χ0v) is 15.2. The Morgan fingerprint density at radius 3 is 2.27 bits per heavy atom. The Kier molecular flexibility index (Phi) is 4.58. The van der Waals surface area contributed by atoms with Gasteiger partial charge in [-0.15, -0.1) is 0 Å². The number of nitrogens with zero attached hydrogens (tertiary/aromatic N) is 1. The first-order valence-electron chi connectivity index (χ1n) is 9.38. The van der Waals surface area contributed by atoms with Crippen molar-refractivity contribution >= 4 is 11.6 Å². The average Bonchev–Trinajstić information content (AvgIpc) is 3.01. The second-order valence-corrected chi connectivity index (χ2v) is 7.32. The molecule has 2 fully saturated rings. The fourth-order valence-electron chi connectivity index (χ4n) is 4.25. The number of ether oxygens (including phenoxy) is 2. The number of anilines is 1. The van der Waals surface area contributed by atoms with Crippen LogP contribution in [0.3, 0.4) is 0 Å². The normalized spacial score (nSPS) is 25.5. The lowest BCUT2D eigenvalue weighted by atomic mass is 9.72. The Morgan fingerprint density at radius 1 is 0.923 bits per heavy atom. The molecule has 1 aliphatic heterocycles. The number of carbonyl (C=O) groups excluding carboxylic acids is 1. The fourth-order valence-corrected chi connectivity index (χ4v) is 4.25. The van der Waals surface area contributed by atoms with Crippen molar-refractivity contribution in [2.45, 2.75) is 38.2 Å². The summed E-state index contributed by atoms with van der Waals surface area (Å²) in [7, 11) is 1.65. The van der Waals surface area contributed by atoms with Crippen LogP contribution < -0.4 is 14.4 Å². The summed E-state index contributed by atoms with van der Waals surface area (Å²) in [5.74, 6) is 2.01. The molecule has 1 heterocycles. The first kappa shape index (κ1) is 17.0. The van der Waals surface area contributed by atoms with Crippen molar-refractivity contribution in [3.8, 4) is 11.5 Å². The van der Waals surface area contributed by atoms with Gasteiger partial charge in [-0.2, -0.15) is 0 Å². The van der Waals surface area contributed by atoms with E-state index in [2.05, 4.69) is 0 Å². The van der Waals surface area contributed by atoms with Gasteiger partial charge in [-0.25, -0.2) is 0 Å². The van der Waals surface area contributed by atoms with Crippen LogP contribution in [0, 0.1) is 5.41 Å². The van der Waals surface area contributed by atoms with E-state index in [9.17, 15) is 4.79 Å². The molecule has 1 spiro atoms. The molecule has 2 aliphatic rings. The van der Waals surface area contributed by atoms with E-state index in [1.54, 1.807) is 7.11 Å². The van der Waals surface area contributed by atoms with Gasteiger partial charge in [0.2, 0.25) is 5.91 Å². The minimum absolute atomic E-state index is 0.198. The molecule has 1 saturated carbocycles. The van der Waals surface area contributed by atoms with Crippen LogP contribution in [0.15, 0.2) is 54.6 Å². The summed E-state index contributed by atoms with van der Waals surface area (Å²) >= 11 is 0. The summed E-state index contributed by atoms with van der Waals surface area (Å²) in [4.78, 5) is 15.1. The Hall–Kier alpha value is -2.49. The zero-order chi connectivity index (χ0) is 18.0. The molecule has 0 atom stereocenters. The van der Waals surface area contributed by atoms with E-state index in [1.165, 1.54) is 0 Å². The molecule has 26 heavy (non-hydrogen) atoms. The van der Waals surface area contributed by atoms with E-state index in [0.717, 1.165) is 55.8 Å². The largest absolute Gasteiger partial charge is 0.497 e. The minimum atomic E-state index is -0.198. The van der Waals surface area contributed by atoms with Crippen molar-refractivity contribution in [1.29, 1.82) is 0 Å². The fraction of sp³-hybridized carbons (Fsp3) is 0.409. The van der Waals surface area contributed by atoms with Crippen LogP contribution in [0.5, 0.6) is 11.5 Å². The maximum Gasteiger partial charge on any atom is 0.233 e. The maximum absolute atomic E-state index is 13.2. The van der Waals surface area contributed by atoms with Crippen LogP contribution >= 0.6 is 0 Å². The van der Waals surface area contributed by atoms with Crippen LogP contribution in [0.25, 0.3) is 0 Å². The molecule has 2 aromatic carbocycles. The first-order valence-corrected chi connectivity index (χ1v) is 9.38. The third-order valence-electron chi connectivity index (χ3n) is 5.83. The lowest BCUT2D eigenvalue weighted by molar-refractivity contribution is -0.128. The van der Waals surface area contributed by atoms with Crippen molar-refractivity contribution in [1.82, 2.24) is 0 Å². The van der Waals surface area contributed by atoms with Gasteiger partial charge in [0.15, 0.2) is 0 Å². The number of hydrogen-bond donors (Lipinski definition) is 0. The van der Waals surface area contributed by atoms with Crippen molar-refractivity contribution in [3.05, 3.63) is 54.6 Å². The molecule has 0 bridgehead atoms. The Balaban J connectivity index is 1.40. The number of benzene rings is 2. The molecular weight excluding hydrogens is 326 g/mol. The molecule has 0 unspecified atom stereocenters. The summed E-state index contributed by atoms with van der Waals surface area (Å²) in [5.41, 5.74) is 0.770. The minimum Gasteiger partial charge on any atom is -0.497 e. The summed E-state index contributed by atoms with van der Waals surface area (Å²) in [6.07, 6.45) is 4.86. The molecule has 1 amide bonds. The first-order chi connectivity index (χ1) is 12.7. The molecule has 4 rings (SSSR count). The zero-order valence-electron chi connectivity index (χ0n) is 15.2. The highest BCUT2D eigenvalue weighted by atomic mass is 16.5. The third-order valence-corrected chi connectivity index (χ3v) is 5.83. The molecule has 4 nitrogen and oxygen atoms in total. The van der Waals surface area contributed by atoms with Crippen molar-refractivity contribution in [2.75, 3.05) is 18.6 Å². The van der Waals surface area contributed by atoms with Gasteiger partial charge in [0.1, 0.15) is 11.5 Å². The van der Waals surface area contributed by atoms with Crippen molar-refractivity contribution in [3.63, 3.8) is 0 Å². The Morgan fingerprint density at radius 2 is 1.62 bits per heavy atom. The standard InChI is InChI=1S/C22H25NO3/c1-25-18-9-7-17(8-10-18)23-16-15-22(21(23)24)13-11-20(12-14-22)26-19-5-3-2-4-6-19/h2-10,20H,11-16H2,1H3/t20-,22-. The van der Waals surface area contributed by atoms with Crippen molar-refractivity contribution in [2.24, 2.45) is 5.41 Å². The molecular formula is C22H25NO3. The number of methoxy groups -OCH3 is 1. The number of para-hydroxylation sites is 1. The molecule has 0 N–H and O–H groups in total. The van der Waals surface area contributed by atoms with Gasteiger partial charge in [0, 0.05) is 12.2 Å². The van der Waals surface area contributed by atoms with E-state index in [-0.39, 0.29) is 17.4 Å². The summed E-state index contributed by atoms with van der Waals surface area (Å²) in [6, 6.07) is 17.7. The second kappa shape index (κ2) is 7.02. The molecule has 1 aliphatic carbocycles. The van der Waals surface area contributed by atoms with Crippen LogP contribution in [0.1, 0.15) is 32.1 Å². The molecule has 0 aromatic heterocycles. The van der Waals surface area contributed by atoms with Gasteiger partial charge in [0.05, 0.1) is 18.6 Å². The van der Waals surface area contributed by atoms with Gasteiger partial charge in [-0.3, -0.25) is 4.79 Å². The predicted molar refractivity (Wildman–Crippen MR) is 102 cm³/mol. The number of carbonyl (C=O) groups is 1. The molecule has 2 aromatic rings. The molecule has 0 radical (unpaired) electrons. The lowest BCUT2D eigenvalue weighted by Gasteiger charge is -2.35. The average molecular weight is 351 g/mol. The summed E-state index contributed by atoms with van der Waals surface area (Å²) < 4.78 is 11.3. The van der Waals surface area contributed by atoms with Crippen LogP contribution in [-0.4, -0.2) is 25.7 Å². The van der Waals surface area contributed by atoms with Crippen LogP contribution in [0.4, 0.5) is 5.69 Å². The highest BCUT2D eigenvalue weighted by Crippen LogP contribution is 2.46. The topological polar surface area (TPSA) is 38.8 Å². The summed E-state index contributed by atoms with van der Waals surface area (Å²) in [6.45, 7) is 0.801. The Labute approximate surface area is 154 Å². The van der Waals surface area contributed by atoms with Gasteiger partial charge in [-0.1, -0.05) is 18.2 Å². The highest BCUT2D eigenvalue weighted by Gasteiger charge is 2.49. The van der Waals surface area contributed by atoms with E-state index in [1.807, 2.05) is 59.5 Å². The van der Waals surface area contributed by atoms with E-state index < -0.39 is 0 Å². The summed E-state index contributed by atoms with van der Waals surface area (Å²) in [5, 5.41) is 0. The number of amides is 1. The van der Waals surface area contributed by atoms with Gasteiger partial charge >= 0.3 is 0 Å². The van der Waals surface area contributed by atoms with E-state index in [4.69, 9.17) is 9.47 Å². The van der Waals surface area contributed by atoms with E-state index >= 15 is 0 Å². The quantitative estimate of drug-likeness (QED) is 0.817. The van der Waals surface area contributed by atoms with Crippen molar-refractivity contribution < 1.29 is 14.3 Å². The van der Waals surface area contributed by atoms with Crippen LogP contribution in [0.2, 0.25) is 0 Å². The monoisotopic (exact) mass is 351 g/mol. The van der Waals surface area contributed by atoms with E-state index in [0.29, 0.717) is 0 Å². The molecule has 136 valence electrons. The predicted octanol–water partition coefficient (Wildman–Crippen LogP) is 4.44. The number of rotatable bonds is 4. The van der Waals surface area contributed by atoms with Gasteiger partial charge < -0.3 is 14.4 Å². The van der Waals surface area contributed by atoms with Gasteiger partial charge in [0.25, 0.3) is 0 Å². The molecule has 1 saturated heterocycles. The third kappa shape index (κ3) is 3.16. The Bertz CT molecular complexity index is 749. The van der Waals surface area contributed by atoms with Gasteiger partial charge in [-0.05, 0) is 68.5 Å². The molecule has 4 heteroatoms. The smallest absolute Gasteiger partial charge is 0.233 e.